The minimum absolute atomic E-state index is 0.0306. The van der Waals surface area contributed by atoms with Crippen molar-refractivity contribution in [3.05, 3.63) is 47.1 Å². The summed E-state index contributed by atoms with van der Waals surface area (Å²) in [6.45, 7) is -0.0306. The highest BCUT2D eigenvalue weighted by atomic mass is 35.5. The molecule has 88 valence electrons. The summed E-state index contributed by atoms with van der Waals surface area (Å²) in [4.78, 5) is 4.13. The van der Waals surface area contributed by atoms with Gasteiger partial charge in [-0.25, -0.2) is 4.98 Å². The first kappa shape index (κ1) is 11.9. The van der Waals surface area contributed by atoms with Gasteiger partial charge in [-0.15, -0.1) is 0 Å². The van der Waals surface area contributed by atoms with Gasteiger partial charge in [0, 0.05) is 22.8 Å². The molecule has 0 unspecified atom stereocenters. The fourth-order valence-electron chi connectivity index (χ4n) is 1.58. The van der Waals surface area contributed by atoms with E-state index in [0.29, 0.717) is 10.9 Å². The molecule has 1 aromatic heterocycles. The molecule has 17 heavy (non-hydrogen) atoms. The number of methoxy groups -OCH3 is 1. The molecule has 3 nitrogen and oxygen atoms in total. The lowest BCUT2D eigenvalue weighted by Crippen LogP contribution is -1.89. The largest absolute Gasteiger partial charge is 0.481 e. The predicted octanol–water partition coefficient (Wildman–Crippen LogP) is 2.90. The maximum Gasteiger partial charge on any atom is 0.212 e. The molecule has 0 radical (unpaired) electrons. The van der Waals surface area contributed by atoms with E-state index < -0.39 is 0 Å². The molecule has 0 amide bonds. The molecule has 0 aliphatic rings. The Morgan fingerprint density at radius 3 is 2.65 bits per heavy atom. The Labute approximate surface area is 105 Å². The standard InChI is InChI=1S/C13H12ClNO2/c1-17-13-3-2-10(7-15-13)11-4-9(8-16)5-12(14)6-11/h2-7,16H,8H2,1H3. The van der Waals surface area contributed by atoms with Crippen molar-refractivity contribution in [2.45, 2.75) is 6.61 Å². The van der Waals surface area contributed by atoms with Crippen LogP contribution >= 0.6 is 11.6 Å². The molecule has 0 aliphatic heterocycles. The molecule has 4 heteroatoms. The summed E-state index contributed by atoms with van der Waals surface area (Å²) in [7, 11) is 1.57. The van der Waals surface area contributed by atoms with Gasteiger partial charge in [0.05, 0.1) is 13.7 Å². The van der Waals surface area contributed by atoms with Crippen molar-refractivity contribution in [2.75, 3.05) is 7.11 Å². The van der Waals surface area contributed by atoms with Crippen LogP contribution in [-0.2, 0) is 6.61 Å². The normalized spacial score (nSPS) is 10.3. The molecule has 0 bridgehead atoms. The second-order valence-corrected chi connectivity index (χ2v) is 4.03. The van der Waals surface area contributed by atoms with Gasteiger partial charge in [0.25, 0.3) is 0 Å². The second-order valence-electron chi connectivity index (χ2n) is 3.60. The van der Waals surface area contributed by atoms with E-state index in [0.717, 1.165) is 16.7 Å². The molecular weight excluding hydrogens is 238 g/mol. The van der Waals surface area contributed by atoms with Crippen molar-refractivity contribution in [3.63, 3.8) is 0 Å². The highest BCUT2D eigenvalue weighted by molar-refractivity contribution is 6.30. The minimum atomic E-state index is -0.0306. The molecule has 0 fully saturated rings. The van der Waals surface area contributed by atoms with Gasteiger partial charge >= 0.3 is 0 Å². The predicted molar refractivity (Wildman–Crippen MR) is 67.2 cm³/mol. The Kier molecular flexibility index (Phi) is 3.61. The second kappa shape index (κ2) is 5.17. The molecule has 2 aromatic rings. The number of hydrogen-bond donors (Lipinski definition) is 1. The van der Waals surface area contributed by atoms with Crippen molar-refractivity contribution in [1.82, 2.24) is 4.98 Å². The fraction of sp³-hybridized carbons (Fsp3) is 0.154. The van der Waals surface area contributed by atoms with E-state index in [1.165, 1.54) is 0 Å². The first-order valence-corrected chi connectivity index (χ1v) is 5.51. The van der Waals surface area contributed by atoms with Crippen LogP contribution in [0.25, 0.3) is 11.1 Å². The number of benzene rings is 1. The summed E-state index contributed by atoms with van der Waals surface area (Å²) in [6.07, 6.45) is 1.71. The zero-order valence-corrected chi connectivity index (χ0v) is 10.1. The van der Waals surface area contributed by atoms with Gasteiger partial charge in [-0.3, -0.25) is 0 Å². The molecule has 0 spiro atoms. The molecule has 0 saturated carbocycles. The summed E-state index contributed by atoms with van der Waals surface area (Å²) in [5, 5.41) is 9.72. The number of hydrogen-bond acceptors (Lipinski definition) is 3. The fourth-order valence-corrected chi connectivity index (χ4v) is 1.84. The van der Waals surface area contributed by atoms with Crippen LogP contribution in [0.4, 0.5) is 0 Å². The number of aliphatic hydroxyl groups is 1. The van der Waals surface area contributed by atoms with E-state index in [9.17, 15) is 0 Å². The van der Waals surface area contributed by atoms with E-state index in [1.807, 2.05) is 18.2 Å². The van der Waals surface area contributed by atoms with Crippen molar-refractivity contribution >= 4 is 11.6 Å². The van der Waals surface area contributed by atoms with E-state index in [-0.39, 0.29) is 6.61 Å². The summed E-state index contributed by atoms with van der Waals surface area (Å²) in [5.41, 5.74) is 2.64. The Hall–Kier alpha value is -1.58. The van der Waals surface area contributed by atoms with Crippen molar-refractivity contribution in [2.24, 2.45) is 0 Å². The van der Waals surface area contributed by atoms with Crippen LogP contribution in [0.5, 0.6) is 5.88 Å². The quantitative estimate of drug-likeness (QED) is 0.910. The van der Waals surface area contributed by atoms with Crippen LogP contribution in [0, 0.1) is 0 Å². The lowest BCUT2D eigenvalue weighted by atomic mass is 10.1. The van der Waals surface area contributed by atoms with E-state index in [4.69, 9.17) is 21.4 Å². The number of aromatic nitrogens is 1. The summed E-state index contributed by atoms with van der Waals surface area (Å²) < 4.78 is 5.00. The lowest BCUT2D eigenvalue weighted by Gasteiger charge is -2.06. The van der Waals surface area contributed by atoms with E-state index >= 15 is 0 Å². The van der Waals surface area contributed by atoms with Crippen LogP contribution in [0.2, 0.25) is 5.02 Å². The van der Waals surface area contributed by atoms with Gasteiger partial charge in [-0.1, -0.05) is 11.6 Å². The summed E-state index contributed by atoms with van der Waals surface area (Å²) in [6, 6.07) is 9.15. The third-order valence-electron chi connectivity index (χ3n) is 2.42. The average Bonchev–Trinajstić information content (AvgIpc) is 2.38. The van der Waals surface area contributed by atoms with Gasteiger partial charge in [-0.2, -0.15) is 0 Å². The van der Waals surface area contributed by atoms with Crippen molar-refractivity contribution < 1.29 is 9.84 Å². The zero-order valence-electron chi connectivity index (χ0n) is 9.35. The highest BCUT2D eigenvalue weighted by Gasteiger charge is 2.03. The maximum atomic E-state index is 9.12. The van der Waals surface area contributed by atoms with Gasteiger partial charge in [0.2, 0.25) is 5.88 Å². The van der Waals surface area contributed by atoms with Crippen molar-refractivity contribution in [1.29, 1.82) is 0 Å². The van der Waals surface area contributed by atoms with Crippen LogP contribution in [0.3, 0.4) is 0 Å². The van der Waals surface area contributed by atoms with Crippen LogP contribution in [0.1, 0.15) is 5.56 Å². The molecule has 0 atom stereocenters. The minimum Gasteiger partial charge on any atom is -0.481 e. The van der Waals surface area contributed by atoms with Crippen LogP contribution in [-0.4, -0.2) is 17.2 Å². The van der Waals surface area contributed by atoms with Crippen LogP contribution in [0.15, 0.2) is 36.5 Å². The zero-order chi connectivity index (χ0) is 12.3. The number of pyridine rings is 1. The third kappa shape index (κ3) is 2.75. The summed E-state index contributed by atoms with van der Waals surface area (Å²) >= 11 is 5.98. The molecular formula is C13H12ClNO2. The number of nitrogens with zero attached hydrogens (tertiary/aromatic N) is 1. The average molecular weight is 250 g/mol. The van der Waals surface area contributed by atoms with Gasteiger partial charge in [0.1, 0.15) is 0 Å². The first-order valence-electron chi connectivity index (χ1n) is 5.13. The Morgan fingerprint density at radius 1 is 1.24 bits per heavy atom. The Balaban J connectivity index is 2.41. The molecule has 2 rings (SSSR count). The highest BCUT2D eigenvalue weighted by Crippen LogP contribution is 2.25. The Bertz CT molecular complexity index is 511. The molecule has 1 heterocycles. The summed E-state index contributed by atoms with van der Waals surface area (Å²) in [5.74, 6) is 0.568. The Morgan fingerprint density at radius 2 is 2.06 bits per heavy atom. The van der Waals surface area contributed by atoms with E-state index in [2.05, 4.69) is 4.98 Å². The van der Waals surface area contributed by atoms with Crippen LogP contribution < -0.4 is 4.74 Å². The maximum absolute atomic E-state index is 9.12. The first-order chi connectivity index (χ1) is 8.22. The smallest absolute Gasteiger partial charge is 0.212 e. The molecule has 0 aliphatic carbocycles. The topological polar surface area (TPSA) is 42.4 Å². The number of ether oxygens (including phenoxy) is 1. The number of halogens is 1. The lowest BCUT2D eigenvalue weighted by molar-refractivity contribution is 0.282. The monoisotopic (exact) mass is 249 g/mol. The van der Waals surface area contributed by atoms with E-state index in [1.54, 1.807) is 25.4 Å². The van der Waals surface area contributed by atoms with Gasteiger partial charge in [0.15, 0.2) is 0 Å². The molecule has 1 N–H and O–H groups in total. The molecule has 1 aromatic carbocycles. The SMILES string of the molecule is COc1ccc(-c2cc(Cl)cc(CO)c2)cn1. The van der Waals surface area contributed by atoms with Gasteiger partial charge < -0.3 is 9.84 Å². The number of aliphatic hydroxyl groups excluding tert-OH is 1. The van der Waals surface area contributed by atoms with Crippen molar-refractivity contribution in [3.8, 4) is 17.0 Å². The van der Waals surface area contributed by atoms with Gasteiger partial charge in [-0.05, 0) is 35.4 Å². The number of rotatable bonds is 3. The third-order valence-corrected chi connectivity index (χ3v) is 2.64. The molecule has 0 saturated heterocycles.